The second-order valence-electron chi connectivity index (χ2n) is 2.40. The molecule has 0 aliphatic rings. The van der Waals surface area contributed by atoms with Crippen molar-refractivity contribution in [3.63, 3.8) is 0 Å². The van der Waals surface area contributed by atoms with Gasteiger partial charge in [-0.15, -0.1) is 0 Å². The summed E-state index contributed by atoms with van der Waals surface area (Å²) in [6.07, 6.45) is 1.06. The smallest absolute Gasteiger partial charge is 0.0630 e. The minimum Gasteiger partial charge on any atom is -0.379 e. The number of hydrogen-bond donors (Lipinski definition) is 0. The van der Waals surface area contributed by atoms with E-state index in [0.717, 1.165) is 11.8 Å². The minimum absolute atomic E-state index is 0.0451. The van der Waals surface area contributed by atoms with Crippen molar-refractivity contribution in [3.05, 3.63) is 0 Å². The monoisotopic (exact) mass is 180 g/mol. The average Bonchev–Trinajstić information content (AvgIpc) is 1.67. The molecule has 0 spiro atoms. The van der Waals surface area contributed by atoms with Crippen molar-refractivity contribution in [2.75, 3.05) is 12.4 Å². The Bertz CT molecular complexity index is 61.5. The van der Waals surface area contributed by atoms with Crippen LogP contribution in [-0.4, -0.2) is 18.0 Å². The summed E-state index contributed by atoms with van der Waals surface area (Å²) in [4.78, 5) is 0. The van der Waals surface area contributed by atoms with E-state index in [2.05, 4.69) is 29.8 Å². The number of ether oxygens (including phenoxy) is 1. The van der Waals surface area contributed by atoms with E-state index in [1.807, 2.05) is 0 Å². The Kier molecular flexibility index (Phi) is 3.65. The molecular formula is C6H13BrO. The summed E-state index contributed by atoms with van der Waals surface area (Å²) in [6.45, 7) is 4.16. The lowest BCUT2D eigenvalue weighted by Crippen LogP contribution is -2.22. The third kappa shape index (κ3) is 3.44. The molecule has 2 heteroatoms. The molecule has 0 heterocycles. The molecule has 0 aliphatic carbocycles. The van der Waals surface area contributed by atoms with E-state index in [0.29, 0.717) is 0 Å². The fourth-order valence-corrected chi connectivity index (χ4v) is 1.28. The van der Waals surface area contributed by atoms with Crippen molar-refractivity contribution < 1.29 is 4.74 Å². The summed E-state index contributed by atoms with van der Waals surface area (Å²) in [5, 5.41) is 1.01. The molecule has 0 aromatic carbocycles. The zero-order chi connectivity index (χ0) is 6.62. The summed E-state index contributed by atoms with van der Waals surface area (Å²) in [5.74, 6) is 0. The van der Waals surface area contributed by atoms with Gasteiger partial charge in [-0.2, -0.15) is 0 Å². The molecule has 0 amide bonds. The number of methoxy groups -OCH3 is 1. The Morgan fingerprint density at radius 3 is 2.12 bits per heavy atom. The summed E-state index contributed by atoms with van der Waals surface area (Å²) in [6, 6.07) is 0. The normalized spacial score (nSPS) is 12.0. The fourth-order valence-electron chi connectivity index (χ4n) is 0.330. The van der Waals surface area contributed by atoms with Crippen LogP contribution in [0.15, 0.2) is 0 Å². The SMILES string of the molecule is COC(C)(C)CCBr. The Morgan fingerprint density at radius 2 is 2.00 bits per heavy atom. The predicted octanol–water partition coefficient (Wildman–Crippen LogP) is 2.20. The highest BCUT2D eigenvalue weighted by Gasteiger charge is 2.13. The maximum absolute atomic E-state index is 5.15. The van der Waals surface area contributed by atoms with Crippen LogP contribution in [0.25, 0.3) is 0 Å². The highest BCUT2D eigenvalue weighted by molar-refractivity contribution is 9.09. The molecule has 0 atom stereocenters. The van der Waals surface area contributed by atoms with Crippen molar-refractivity contribution >= 4 is 15.9 Å². The molecule has 0 bridgehead atoms. The first-order chi connectivity index (χ1) is 3.62. The van der Waals surface area contributed by atoms with E-state index >= 15 is 0 Å². The molecule has 0 saturated heterocycles. The van der Waals surface area contributed by atoms with E-state index < -0.39 is 0 Å². The van der Waals surface area contributed by atoms with Crippen molar-refractivity contribution in [1.29, 1.82) is 0 Å². The first-order valence-corrected chi connectivity index (χ1v) is 3.85. The van der Waals surface area contributed by atoms with Gasteiger partial charge in [0.2, 0.25) is 0 Å². The fraction of sp³-hybridized carbons (Fsp3) is 1.00. The first kappa shape index (κ1) is 8.44. The third-order valence-corrected chi connectivity index (χ3v) is 1.65. The van der Waals surface area contributed by atoms with Crippen LogP contribution < -0.4 is 0 Å². The number of hydrogen-bond acceptors (Lipinski definition) is 1. The van der Waals surface area contributed by atoms with Gasteiger partial charge >= 0.3 is 0 Å². The molecule has 0 rings (SSSR count). The first-order valence-electron chi connectivity index (χ1n) is 2.73. The average molecular weight is 181 g/mol. The number of halogens is 1. The Balaban J connectivity index is 3.37. The highest BCUT2D eigenvalue weighted by Crippen LogP contribution is 2.13. The van der Waals surface area contributed by atoms with Gasteiger partial charge in [-0.3, -0.25) is 0 Å². The zero-order valence-electron chi connectivity index (χ0n) is 5.70. The van der Waals surface area contributed by atoms with Gasteiger partial charge in [0, 0.05) is 12.4 Å². The topological polar surface area (TPSA) is 9.23 Å². The van der Waals surface area contributed by atoms with Crippen molar-refractivity contribution in [1.82, 2.24) is 0 Å². The maximum Gasteiger partial charge on any atom is 0.0630 e. The maximum atomic E-state index is 5.15. The molecule has 50 valence electrons. The summed E-state index contributed by atoms with van der Waals surface area (Å²) < 4.78 is 5.15. The quantitative estimate of drug-likeness (QED) is 0.606. The van der Waals surface area contributed by atoms with Crippen molar-refractivity contribution in [2.45, 2.75) is 25.9 Å². The minimum atomic E-state index is 0.0451. The zero-order valence-corrected chi connectivity index (χ0v) is 7.29. The van der Waals surface area contributed by atoms with E-state index in [1.54, 1.807) is 7.11 Å². The highest BCUT2D eigenvalue weighted by atomic mass is 79.9. The summed E-state index contributed by atoms with van der Waals surface area (Å²) >= 11 is 3.35. The van der Waals surface area contributed by atoms with Gasteiger partial charge in [-0.1, -0.05) is 15.9 Å². The lowest BCUT2D eigenvalue weighted by Gasteiger charge is -2.20. The van der Waals surface area contributed by atoms with Crippen molar-refractivity contribution in [3.8, 4) is 0 Å². The van der Waals surface area contributed by atoms with E-state index in [4.69, 9.17) is 4.74 Å². The number of alkyl halides is 1. The summed E-state index contributed by atoms with van der Waals surface area (Å²) in [5.41, 5.74) is 0.0451. The van der Waals surface area contributed by atoms with Gasteiger partial charge in [-0.25, -0.2) is 0 Å². The number of rotatable bonds is 3. The van der Waals surface area contributed by atoms with E-state index in [-0.39, 0.29) is 5.60 Å². The standard InChI is InChI=1S/C6H13BrO/c1-6(2,8-3)4-5-7/h4-5H2,1-3H3. The van der Waals surface area contributed by atoms with Crippen LogP contribution in [-0.2, 0) is 4.74 Å². The molecule has 0 radical (unpaired) electrons. The molecule has 0 aromatic heterocycles. The van der Waals surface area contributed by atoms with Crippen LogP contribution in [0.3, 0.4) is 0 Å². The van der Waals surface area contributed by atoms with Crippen LogP contribution >= 0.6 is 15.9 Å². The molecule has 0 saturated carbocycles. The van der Waals surface area contributed by atoms with Crippen LogP contribution in [0, 0.1) is 0 Å². The van der Waals surface area contributed by atoms with Gasteiger partial charge in [0.1, 0.15) is 0 Å². The van der Waals surface area contributed by atoms with Crippen molar-refractivity contribution in [2.24, 2.45) is 0 Å². The molecule has 0 unspecified atom stereocenters. The second-order valence-corrected chi connectivity index (χ2v) is 3.20. The third-order valence-electron chi connectivity index (χ3n) is 1.25. The Hall–Kier alpha value is 0.440. The van der Waals surface area contributed by atoms with Crippen LogP contribution in [0.4, 0.5) is 0 Å². The lowest BCUT2D eigenvalue weighted by molar-refractivity contribution is 0.0209. The Morgan fingerprint density at radius 1 is 1.50 bits per heavy atom. The molecule has 0 fully saturated rings. The van der Waals surface area contributed by atoms with Gasteiger partial charge in [0.25, 0.3) is 0 Å². The molecule has 1 nitrogen and oxygen atoms in total. The second kappa shape index (κ2) is 3.46. The van der Waals surface area contributed by atoms with Gasteiger partial charge in [0.05, 0.1) is 5.60 Å². The van der Waals surface area contributed by atoms with E-state index in [1.165, 1.54) is 0 Å². The molecule has 0 N–H and O–H groups in total. The van der Waals surface area contributed by atoms with Crippen LogP contribution in [0.1, 0.15) is 20.3 Å². The van der Waals surface area contributed by atoms with Crippen LogP contribution in [0.5, 0.6) is 0 Å². The van der Waals surface area contributed by atoms with Gasteiger partial charge < -0.3 is 4.74 Å². The predicted molar refractivity (Wildman–Crippen MR) is 39.5 cm³/mol. The molecule has 0 aliphatic heterocycles. The van der Waals surface area contributed by atoms with Crippen LogP contribution in [0.2, 0.25) is 0 Å². The van der Waals surface area contributed by atoms with Gasteiger partial charge in [-0.05, 0) is 20.3 Å². The largest absolute Gasteiger partial charge is 0.379 e. The molecular weight excluding hydrogens is 168 g/mol. The summed E-state index contributed by atoms with van der Waals surface area (Å²) in [7, 11) is 1.74. The lowest BCUT2D eigenvalue weighted by atomic mass is 10.1. The van der Waals surface area contributed by atoms with E-state index in [9.17, 15) is 0 Å². The Labute approximate surface area is 59.5 Å². The molecule has 8 heavy (non-hydrogen) atoms. The van der Waals surface area contributed by atoms with Gasteiger partial charge in [0.15, 0.2) is 0 Å². The molecule has 0 aromatic rings.